The lowest BCUT2D eigenvalue weighted by Crippen LogP contribution is -2.57. The lowest BCUT2D eigenvalue weighted by Gasteiger charge is -2.37. The Morgan fingerprint density at radius 3 is 2.40 bits per heavy atom. The van der Waals surface area contributed by atoms with Crippen molar-refractivity contribution in [1.29, 1.82) is 0 Å². The van der Waals surface area contributed by atoms with Gasteiger partial charge in [0, 0.05) is 44.2 Å². The number of esters is 1. The van der Waals surface area contributed by atoms with Crippen LogP contribution in [0.4, 0.5) is 11.4 Å². The van der Waals surface area contributed by atoms with Crippen LogP contribution in [0.2, 0.25) is 0 Å². The number of carbonyl (C=O) groups excluding carboxylic acids is 3. The first-order valence-electron chi connectivity index (χ1n) is 15.8. The fourth-order valence-corrected chi connectivity index (χ4v) is 7.54. The maximum absolute atomic E-state index is 14.7. The summed E-state index contributed by atoms with van der Waals surface area (Å²) < 4.78 is 12.5. The molecule has 6 atom stereocenters. The monoisotopic (exact) mass is 595 g/mol. The van der Waals surface area contributed by atoms with Crippen molar-refractivity contribution in [3.8, 4) is 0 Å². The van der Waals surface area contributed by atoms with E-state index >= 15 is 0 Å². The van der Waals surface area contributed by atoms with Crippen LogP contribution in [0, 0.1) is 17.8 Å². The Kier molecular flexibility index (Phi) is 10.4. The molecule has 3 aliphatic heterocycles. The number of benzene rings is 1. The van der Waals surface area contributed by atoms with Crippen molar-refractivity contribution in [3.05, 3.63) is 49.6 Å². The smallest absolute Gasteiger partial charge is 0.312 e. The summed E-state index contributed by atoms with van der Waals surface area (Å²) in [5, 5.41) is 9.67. The second kappa shape index (κ2) is 13.6. The number of hydrogen-bond donors (Lipinski definition) is 1. The van der Waals surface area contributed by atoms with Gasteiger partial charge in [-0.05, 0) is 83.1 Å². The van der Waals surface area contributed by atoms with Gasteiger partial charge >= 0.3 is 5.97 Å². The van der Waals surface area contributed by atoms with E-state index in [-0.39, 0.29) is 44.0 Å². The van der Waals surface area contributed by atoms with Crippen LogP contribution in [0.15, 0.2) is 49.6 Å². The quantitative estimate of drug-likeness (QED) is 0.172. The van der Waals surface area contributed by atoms with E-state index in [0.717, 1.165) is 31.6 Å². The minimum Gasteiger partial charge on any atom is -0.465 e. The van der Waals surface area contributed by atoms with E-state index in [9.17, 15) is 19.5 Å². The zero-order valence-corrected chi connectivity index (χ0v) is 26.3. The minimum absolute atomic E-state index is 0.0795. The molecular weight excluding hydrogens is 546 g/mol. The zero-order chi connectivity index (χ0) is 31.4. The average molecular weight is 596 g/mol. The van der Waals surface area contributed by atoms with Gasteiger partial charge in [0.1, 0.15) is 17.6 Å². The molecule has 3 heterocycles. The predicted molar refractivity (Wildman–Crippen MR) is 168 cm³/mol. The molecule has 2 bridgehead atoms. The molecule has 0 radical (unpaired) electrons. The molecule has 0 aliphatic carbocycles. The molecule has 3 unspecified atom stereocenters. The molecule has 9 heteroatoms. The van der Waals surface area contributed by atoms with Crippen molar-refractivity contribution < 1.29 is 29.0 Å². The van der Waals surface area contributed by atoms with Gasteiger partial charge in [-0.25, -0.2) is 0 Å². The van der Waals surface area contributed by atoms with Gasteiger partial charge in [0.25, 0.3) is 5.91 Å². The summed E-state index contributed by atoms with van der Waals surface area (Å²) in [6.45, 7) is 18.0. The highest BCUT2D eigenvalue weighted by Crippen LogP contribution is 2.65. The summed E-state index contributed by atoms with van der Waals surface area (Å²) in [7, 11) is 0. The number of rotatable bonds is 16. The molecule has 0 saturated carbocycles. The number of amides is 2. The molecule has 2 amide bonds. The van der Waals surface area contributed by atoms with Crippen molar-refractivity contribution in [2.75, 3.05) is 49.2 Å². The number of hydrogen-bond acceptors (Lipinski definition) is 7. The van der Waals surface area contributed by atoms with Crippen molar-refractivity contribution in [3.63, 3.8) is 0 Å². The molecule has 3 saturated heterocycles. The Bertz CT molecular complexity index is 1180. The van der Waals surface area contributed by atoms with E-state index in [1.165, 1.54) is 0 Å². The molecule has 1 N–H and O–H groups in total. The average Bonchev–Trinajstić information content (AvgIpc) is 3.51. The summed E-state index contributed by atoms with van der Waals surface area (Å²) in [6, 6.07) is 6.88. The SMILES string of the molecule is C=CCCCCOC(=O)[C@H]1[C@H]2C(=O)N(CCCO)C(C(=O)N(CC=C)c3ccc(N(CC)CC)cc3)C23CC(C)[C@]1(C)O3. The van der Waals surface area contributed by atoms with Gasteiger partial charge in [-0.15, -0.1) is 13.2 Å². The molecule has 0 aromatic heterocycles. The van der Waals surface area contributed by atoms with Crippen LogP contribution in [-0.4, -0.2) is 84.4 Å². The number of aliphatic hydroxyl groups is 1. The summed E-state index contributed by atoms with van der Waals surface area (Å²) in [5.74, 6) is -2.75. The van der Waals surface area contributed by atoms with Crippen LogP contribution in [0.25, 0.3) is 0 Å². The van der Waals surface area contributed by atoms with Crippen LogP contribution >= 0.6 is 0 Å². The van der Waals surface area contributed by atoms with Crippen LogP contribution in [0.1, 0.15) is 59.8 Å². The molecule has 3 aliphatic rings. The van der Waals surface area contributed by atoms with Gasteiger partial charge in [0.15, 0.2) is 0 Å². The first-order valence-corrected chi connectivity index (χ1v) is 15.8. The van der Waals surface area contributed by atoms with E-state index in [1.807, 2.05) is 44.2 Å². The first kappa shape index (κ1) is 32.7. The minimum atomic E-state index is -1.18. The molecule has 1 aromatic rings. The Hall–Kier alpha value is -3.17. The van der Waals surface area contributed by atoms with E-state index in [0.29, 0.717) is 24.9 Å². The van der Waals surface area contributed by atoms with E-state index in [4.69, 9.17) is 9.47 Å². The summed E-state index contributed by atoms with van der Waals surface area (Å²) in [6.07, 6.45) is 6.69. The lowest BCUT2D eigenvalue weighted by atomic mass is 9.62. The Morgan fingerprint density at radius 2 is 1.79 bits per heavy atom. The van der Waals surface area contributed by atoms with Crippen molar-refractivity contribution in [2.24, 2.45) is 17.8 Å². The highest BCUT2D eigenvalue weighted by molar-refractivity contribution is 6.05. The summed E-state index contributed by atoms with van der Waals surface area (Å²) in [4.78, 5) is 48.0. The fourth-order valence-electron chi connectivity index (χ4n) is 7.54. The van der Waals surface area contributed by atoms with Crippen LogP contribution in [0.3, 0.4) is 0 Å². The van der Waals surface area contributed by atoms with Crippen LogP contribution in [0.5, 0.6) is 0 Å². The van der Waals surface area contributed by atoms with E-state index in [2.05, 4.69) is 31.9 Å². The molecule has 1 spiro atoms. The number of ether oxygens (including phenoxy) is 2. The number of anilines is 2. The Labute approximate surface area is 256 Å². The summed E-state index contributed by atoms with van der Waals surface area (Å²) in [5.41, 5.74) is -0.360. The van der Waals surface area contributed by atoms with Gasteiger partial charge in [-0.2, -0.15) is 0 Å². The number of likely N-dealkylation sites (tertiary alicyclic amines) is 1. The lowest BCUT2D eigenvalue weighted by molar-refractivity contribution is -0.161. The number of nitrogens with zero attached hydrogens (tertiary/aromatic N) is 3. The zero-order valence-electron chi connectivity index (χ0n) is 26.3. The standard InChI is InChI=1S/C34H49N3O6/c1-7-11-12-13-22-42-32(41)28-27-30(39)37(20-14-21-38)29(34(27)23-24(5)33(28,6)43-34)31(40)36(19-8-2)26-17-15-25(16-18-26)35(9-3)10-4/h7-8,15-18,24,27-29,38H,1-2,9-14,19-23H2,3-6H3/t24?,27-,28+,29?,33-,34?/m0/s1. The third kappa shape index (κ3) is 5.74. The van der Waals surface area contributed by atoms with E-state index < -0.39 is 35.0 Å². The van der Waals surface area contributed by atoms with Gasteiger partial charge in [0.2, 0.25) is 5.91 Å². The Balaban J connectivity index is 1.70. The topological polar surface area (TPSA) is 99.6 Å². The second-order valence-corrected chi connectivity index (χ2v) is 12.2. The van der Waals surface area contributed by atoms with Gasteiger partial charge in [-0.1, -0.05) is 19.1 Å². The van der Waals surface area contributed by atoms with E-state index in [1.54, 1.807) is 15.9 Å². The van der Waals surface area contributed by atoms with Crippen LogP contribution < -0.4 is 9.80 Å². The first-order chi connectivity index (χ1) is 20.6. The van der Waals surface area contributed by atoms with Crippen molar-refractivity contribution >= 4 is 29.2 Å². The Morgan fingerprint density at radius 1 is 1.12 bits per heavy atom. The summed E-state index contributed by atoms with van der Waals surface area (Å²) >= 11 is 0. The second-order valence-electron chi connectivity index (χ2n) is 12.2. The van der Waals surface area contributed by atoms with Gasteiger partial charge < -0.3 is 29.3 Å². The molecule has 43 heavy (non-hydrogen) atoms. The van der Waals surface area contributed by atoms with Gasteiger partial charge in [0.05, 0.1) is 18.1 Å². The largest absolute Gasteiger partial charge is 0.465 e. The maximum Gasteiger partial charge on any atom is 0.312 e. The molecule has 3 fully saturated rings. The molecular formula is C34H49N3O6. The number of aliphatic hydroxyl groups excluding tert-OH is 1. The maximum atomic E-state index is 14.7. The number of unbranched alkanes of at least 4 members (excludes halogenated alkanes) is 2. The molecule has 1 aromatic carbocycles. The number of carbonyl (C=O) groups is 3. The highest BCUT2D eigenvalue weighted by Gasteiger charge is 2.80. The van der Waals surface area contributed by atoms with Gasteiger partial charge in [-0.3, -0.25) is 14.4 Å². The normalized spacial score (nSPS) is 29.0. The molecule has 236 valence electrons. The molecule has 4 rings (SSSR count). The fraction of sp³-hybridized carbons (Fsp3) is 0.618. The van der Waals surface area contributed by atoms with Crippen LogP contribution in [-0.2, 0) is 23.9 Å². The predicted octanol–water partition coefficient (Wildman–Crippen LogP) is 4.34. The third-order valence-electron chi connectivity index (χ3n) is 9.77. The van der Waals surface area contributed by atoms with Crippen molar-refractivity contribution in [1.82, 2.24) is 4.90 Å². The van der Waals surface area contributed by atoms with Crippen molar-refractivity contribution in [2.45, 2.75) is 77.0 Å². The third-order valence-corrected chi connectivity index (χ3v) is 9.77. The highest BCUT2D eigenvalue weighted by atomic mass is 16.6. The number of allylic oxidation sites excluding steroid dienone is 1. The molecule has 9 nitrogen and oxygen atoms in total. The number of fused-ring (bicyclic) bond motifs is 1.